The molecule has 10 heteroatoms. The van der Waals surface area contributed by atoms with Crippen LogP contribution >= 0.6 is 24.0 Å². The highest BCUT2D eigenvalue weighted by Gasteiger charge is 2.29. The fourth-order valence-corrected chi connectivity index (χ4v) is 4.89. The first-order chi connectivity index (χ1) is 14.0. The molecule has 1 unspecified atom stereocenters. The molecule has 0 bridgehead atoms. The maximum absolute atomic E-state index is 12.7. The molecule has 2 atom stereocenters. The van der Waals surface area contributed by atoms with Crippen LogP contribution in [0.4, 0.5) is 4.79 Å². The zero-order valence-corrected chi connectivity index (χ0v) is 22.1. The molecule has 31 heavy (non-hydrogen) atoms. The van der Waals surface area contributed by atoms with Crippen molar-refractivity contribution in [2.75, 3.05) is 25.9 Å². The molecule has 2 rings (SSSR count). The number of guanidine groups is 1. The summed E-state index contributed by atoms with van der Waals surface area (Å²) in [5, 5.41) is 6.18. The third-order valence-electron chi connectivity index (χ3n) is 4.77. The number of halogens is 1. The van der Waals surface area contributed by atoms with Crippen molar-refractivity contribution >= 4 is 45.9 Å². The van der Waals surface area contributed by atoms with Crippen molar-refractivity contribution in [2.45, 2.75) is 63.1 Å². The van der Waals surface area contributed by atoms with Crippen LogP contribution in [0.3, 0.4) is 0 Å². The van der Waals surface area contributed by atoms with Gasteiger partial charge in [-0.15, -0.1) is 24.0 Å². The van der Waals surface area contributed by atoms with Crippen molar-refractivity contribution in [3.63, 3.8) is 0 Å². The zero-order valence-electron chi connectivity index (χ0n) is 18.9. The van der Waals surface area contributed by atoms with Crippen LogP contribution in [0, 0.1) is 0 Å². The molecular formula is C21H35IN4O4S. The van der Waals surface area contributed by atoms with Gasteiger partial charge in [0.05, 0.1) is 16.7 Å². The van der Waals surface area contributed by atoms with Crippen molar-refractivity contribution in [1.82, 2.24) is 15.5 Å². The molecule has 176 valence electrons. The molecular weight excluding hydrogens is 531 g/mol. The Morgan fingerprint density at radius 2 is 1.94 bits per heavy atom. The highest BCUT2D eigenvalue weighted by atomic mass is 127. The Bertz CT molecular complexity index is 841. The number of likely N-dealkylation sites (tertiary alicyclic amines) is 1. The summed E-state index contributed by atoms with van der Waals surface area (Å²) < 4.78 is 30.8. The average Bonchev–Trinajstić information content (AvgIpc) is 3.12. The maximum Gasteiger partial charge on any atom is 0.407 e. The Hall–Kier alpha value is -1.56. The first-order valence-corrected chi connectivity index (χ1v) is 11.9. The van der Waals surface area contributed by atoms with Crippen LogP contribution < -0.4 is 10.6 Å². The number of sulfone groups is 1. The van der Waals surface area contributed by atoms with Gasteiger partial charge in [0.25, 0.3) is 0 Å². The zero-order chi connectivity index (χ0) is 22.4. The smallest absolute Gasteiger partial charge is 0.407 e. The van der Waals surface area contributed by atoms with Gasteiger partial charge in [-0.25, -0.2) is 13.2 Å². The van der Waals surface area contributed by atoms with E-state index in [4.69, 9.17) is 4.74 Å². The molecule has 0 spiro atoms. The molecule has 0 aromatic heterocycles. The Balaban J connectivity index is 0.00000480. The summed E-state index contributed by atoms with van der Waals surface area (Å²) in [5.41, 5.74) is -0.543. The highest BCUT2D eigenvalue weighted by Crippen LogP contribution is 2.15. The summed E-state index contributed by atoms with van der Waals surface area (Å²) in [7, 11) is -1.73. The summed E-state index contributed by atoms with van der Waals surface area (Å²) in [5.74, 6) is 0.624. The van der Waals surface area contributed by atoms with Crippen molar-refractivity contribution in [3.8, 4) is 0 Å². The Morgan fingerprint density at radius 1 is 1.29 bits per heavy atom. The largest absolute Gasteiger partial charge is 0.444 e. The normalized spacial score (nSPS) is 18.2. The molecule has 1 aliphatic heterocycles. The van der Waals surface area contributed by atoms with Crippen molar-refractivity contribution in [1.29, 1.82) is 0 Å². The van der Waals surface area contributed by atoms with Gasteiger partial charge >= 0.3 is 6.09 Å². The number of amides is 1. The lowest BCUT2D eigenvalue weighted by molar-refractivity contribution is 0.0507. The van der Waals surface area contributed by atoms with E-state index >= 15 is 0 Å². The molecule has 1 heterocycles. The van der Waals surface area contributed by atoms with Gasteiger partial charge in [-0.3, -0.25) is 4.99 Å². The van der Waals surface area contributed by atoms with Crippen LogP contribution in [0.5, 0.6) is 0 Å². The number of carbonyl (C=O) groups is 1. The van der Waals surface area contributed by atoms with Gasteiger partial charge in [0.15, 0.2) is 15.8 Å². The molecule has 1 saturated heterocycles. The van der Waals surface area contributed by atoms with Crippen molar-refractivity contribution in [3.05, 3.63) is 30.3 Å². The van der Waals surface area contributed by atoms with Gasteiger partial charge in [-0.2, -0.15) is 0 Å². The molecule has 1 aliphatic rings. The van der Waals surface area contributed by atoms with E-state index in [1.54, 1.807) is 37.4 Å². The number of nitrogens with zero attached hydrogens (tertiary/aromatic N) is 2. The SMILES string of the molecule is CCC(CS(=O)(=O)c1ccccc1)NC(=NC)N1CC[C@@H](NC(=O)OC(C)(C)C)C1.I. The third kappa shape index (κ3) is 8.83. The minimum atomic E-state index is -3.40. The molecule has 0 aliphatic carbocycles. The molecule has 1 fully saturated rings. The van der Waals surface area contributed by atoms with E-state index in [0.29, 0.717) is 30.4 Å². The second kappa shape index (κ2) is 11.9. The quantitative estimate of drug-likeness (QED) is 0.312. The topological polar surface area (TPSA) is 100 Å². The van der Waals surface area contributed by atoms with Crippen LogP contribution in [-0.2, 0) is 14.6 Å². The lowest BCUT2D eigenvalue weighted by atomic mass is 10.2. The Labute approximate surface area is 203 Å². The van der Waals surface area contributed by atoms with Crippen LogP contribution in [0.25, 0.3) is 0 Å². The van der Waals surface area contributed by atoms with E-state index in [0.717, 1.165) is 6.42 Å². The number of carbonyl (C=O) groups excluding carboxylic acids is 1. The first-order valence-electron chi connectivity index (χ1n) is 10.3. The molecule has 8 nitrogen and oxygen atoms in total. The van der Waals surface area contributed by atoms with Crippen LogP contribution in [0.1, 0.15) is 40.5 Å². The number of ether oxygens (including phenoxy) is 1. The molecule has 0 radical (unpaired) electrons. The van der Waals surface area contributed by atoms with E-state index < -0.39 is 21.5 Å². The van der Waals surface area contributed by atoms with Gasteiger partial charge < -0.3 is 20.3 Å². The minimum absolute atomic E-state index is 0. The molecule has 1 amide bonds. The number of nitrogens with one attached hydrogen (secondary N) is 2. The summed E-state index contributed by atoms with van der Waals surface area (Å²) >= 11 is 0. The summed E-state index contributed by atoms with van der Waals surface area (Å²) in [6, 6.07) is 8.16. The highest BCUT2D eigenvalue weighted by molar-refractivity contribution is 14.0. The van der Waals surface area contributed by atoms with E-state index in [9.17, 15) is 13.2 Å². The number of aliphatic imine (C=N–C) groups is 1. The Kier molecular flexibility index (Phi) is 10.5. The fourth-order valence-electron chi connectivity index (χ4n) is 3.28. The minimum Gasteiger partial charge on any atom is -0.444 e. The van der Waals surface area contributed by atoms with Gasteiger partial charge in [-0.05, 0) is 45.7 Å². The van der Waals surface area contributed by atoms with E-state index in [1.807, 2.05) is 32.6 Å². The van der Waals surface area contributed by atoms with Crippen molar-refractivity contribution in [2.24, 2.45) is 4.99 Å². The van der Waals surface area contributed by atoms with Crippen molar-refractivity contribution < 1.29 is 17.9 Å². The van der Waals surface area contributed by atoms with Gasteiger partial charge in [0.1, 0.15) is 5.60 Å². The van der Waals surface area contributed by atoms with E-state index in [-0.39, 0.29) is 41.8 Å². The van der Waals surface area contributed by atoms with Crippen LogP contribution in [0.2, 0.25) is 0 Å². The number of rotatable bonds is 6. The molecule has 2 N–H and O–H groups in total. The maximum atomic E-state index is 12.7. The first kappa shape index (κ1) is 27.5. The monoisotopic (exact) mass is 566 g/mol. The summed E-state index contributed by atoms with van der Waals surface area (Å²) in [6.07, 6.45) is 0.968. The second-order valence-corrected chi connectivity index (χ2v) is 10.5. The lowest BCUT2D eigenvalue weighted by Crippen LogP contribution is -2.48. The number of hydrogen-bond acceptors (Lipinski definition) is 5. The van der Waals surface area contributed by atoms with Crippen LogP contribution in [0.15, 0.2) is 40.2 Å². The van der Waals surface area contributed by atoms with Gasteiger partial charge in [-0.1, -0.05) is 25.1 Å². The predicted octanol–water partition coefficient (Wildman–Crippen LogP) is 3.03. The Morgan fingerprint density at radius 3 is 2.48 bits per heavy atom. The summed E-state index contributed by atoms with van der Waals surface area (Å²) in [4.78, 5) is 18.7. The fraction of sp³-hybridized carbons (Fsp3) is 0.619. The van der Waals surface area contributed by atoms with Gasteiger partial charge in [0.2, 0.25) is 0 Å². The molecule has 1 aromatic carbocycles. The number of alkyl carbamates (subject to hydrolysis) is 1. The van der Waals surface area contributed by atoms with E-state index in [2.05, 4.69) is 15.6 Å². The predicted molar refractivity (Wildman–Crippen MR) is 134 cm³/mol. The molecule has 1 aromatic rings. The third-order valence-corrected chi connectivity index (χ3v) is 6.60. The van der Waals surface area contributed by atoms with Crippen LogP contribution in [-0.4, -0.2) is 68.9 Å². The summed E-state index contributed by atoms with van der Waals surface area (Å²) in [6.45, 7) is 8.72. The average molecular weight is 567 g/mol. The van der Waals surface area contributed by atoms with E-state index in [1.165, 1.54) is 0 Å². The second-order valence-electron chi connectivity index (χ2n) is 8.47. The standard InChI is InChI=1S/C21H34N4O4S.HI/c1-6-16(15-30(27,28)18-10-8-7-9-11-18)23-19(22-5)25-13-12-17(14-25)24-20(26)29-21(2,3)4;/h7-11,16-17H,6,12-15H2,1-5H3,(H,22,23)(H,24,26);1H/t16?,17-;/m1./s1. The molecule has 0 saturated carbocycles. The number of benzene rings is 1. The lowest BCUT2D eigenvalue weighted by Gasteiger charge is -2.26. The van der Waals surface area contributed by atoms with Gasteiger partial charge in [0, 0.05) is 26.2 Å². The number of hydrogen-bond donors (Lipinski definition) is 2.